The Bertz CT molecular complexity index is 374. The van der Waals surface area contributed by atoms with E-state index < -0.39 is 0 Å². The van der Waals surface area contributed by atoms with Crippen LogP contribution in [0.1, 0.15) is 24.0 Å². The van der Waals surface area contributed by atoms with Crippen LogP contribution in [0.3, 0.4) is 0 Å². The minimum Gasteiger partial charge on any atom is -0.396 e. The van der Waals surface area contributed by atoms with E-state index in [1.165, 1.54) is 6.07 Å². The Balaban J connectivity index is 1.87. The third-order valence-electron chi connectivity index (χ3n) is 3.42. The van der Waals surface area contributed by atoms with E-state index in [0.717, 1.165) is 30.5 Å². The highest BCUT2D eigenvalue weighted by Crippen LogP contribution is 2.44. The van der Waals surface area contributed by atoms with E-state index in [-0.39, 0.29) is 17.8 Å². The predicted molar refractivity (Wildman–Crippen MR) is 61.6 cm³/mol. The van der Waals surface area contributed by atoms with Crippen molar-refractivity contribution in [2.24, 2.45) is 5.41 Å². The number of aliphatic hydroxyl groups excluding tert-OH is 1. The first-order valence-electron chi connectivity index (χ1n) is 5.72. The fourth-order valence-electron chi connectivity index (χ4n) is 1.86. The Morgan fingerprint density at radius 3 is 2.81 bits per heavy atom. The first-order valence-corrected chi connectivity index (χ1v) is 5.72. The lowest BCUT2D eigenvalue weighted by atomic mass is 10.1. The number of hydrogen-bond acceptors (Lipinski definition) is 2. The largest absolute Gasteiger partial charge is 0.396 e. The molecule has 0 unspecified atom stereocenters. The fraction of sp³-hybridized carbons (Fsp3) is 0.538. The van der Waals surface area contributed by atoms with Crippen molar-refractivity contribution in [3.05, 3.63) is 35.1 Å². The Labute approximate surface area is 95.5 Å². The molecule has 0 saturated heterocycles. The van der Waals surface area contributed by atoms with Gasteiger partial charge in [-0.3, -0.25) is 0 Å². The first-order chi connectivity index (χ1) is 7.65. The fourth-order valence-corrected chi connectivity index (χ4v) is 1.86. The van der Waals surface area contributed by atoms with E-state index in [2.05, 4.69) is 5.32 Å². The normalized spacial score (nSPS) is 17.4. The van der Waals surface area contributed by atoms with Crippen LogP contribution in [0.5, 0.6) is 0 Å². The average Bonchev–Trinajstić information content (AvgIpc) is 3.04. The van der Waals surface area contributed by atoms with Gasteiger partial charge in [0.1, 0.15) is 5.82 Å². The van der Waals surface area contributed by atoms with Crippen LogP contribution < -0.4 is 5.32 Å². The van der Waals surface area contributed by atoms with Gasteiger partial charge in [-0.1, -0.05) is 6.07 Å². The molecule has 0 aliphatic heterocycles. The topological polar surface area (TPSA) is 32.3 Å². The van der Waals surface area contributed by atoms with E-state index in [0.29, 0.717) is 6.54 Å². The molecule has 3 heteroatoms. The number of benzene rings is 1. The van der Waals surface area contributed by atoms with Gasteiger partial charge in [0.05, 0.1) is 0 Å². The van der Waals surface area contributed by atoms with Crippen molar-refractivity contribution < 1.29 is 9.50 Å². The molecular weight excluding hydrogens is 205 g/mol. The van der Waals surface area contributed by atoms with Gasteiger partial charge in [-0.05, 0) is 43.0 Å². The van der Waals surface area contributed by atoms with Crippen LogP contribution in [0.4, 0.5) is 4.39 Å². The van der Waals surface area contributed by atoms with Crippen LogP contribution in [0, 0.1) is 18.2 Å². The molecule has 1 saturated carbocycles. The van der Waals surface area contributed by atoms with Crippen molar-refractivity contribution in [3.8, 4) is 0 Å². The summed E-state index contributed by atoms with van der Waals surface area (Å²) in [6, 6.07) is 4.85. The van der Waals surface area contributed by atoms with Gasteiger partial charge in [-0.25, -0.2) is 4.39 Å². The Morgan fingerprint density at radius 2 is 2.19 bits per heavy atom. The summed E-state index contributed by atoms with van der Waals surface area (Å²) in [6.07, 6.45) is 2.19. The SMILES string of the molecule is Cc1ccc(F)cc1CNCC1(CO)CC1. The molecule has 2 rings (SSSR count). The zero-order valence-electron chi connectivity index (χ0n) is 9.59. The summed E-state index contributed by atoms with van der Waals surface area (Å²) >= 11 is 0. The van der Waals surface area contributed by atoms with Crippen LogP contribution in [0.2, 0.25) is 0 Å². The highest BCUT2D eigenvalue weighted by atomic mass is 19.1. The monoisotopic (exact) mass is 223 g/mol. The maximum atomic E-state index is 13.0. The van der Waals surface area contributed by atoms with Gasteiger partial charge in [-0.15, -0.1) is 0 Å². The minimum atomic E-state index is -0.189. The lowest BCUT2D eigenvalue weighted by Gasteiger charge is -2.13. The van der Waals surface area contributed by atoms with Crippen molar-refractivity contribution in [1.82, 2.24) is 5.32 Å². The smallest absolute Gasteiger partial charge is 0.123 e. The third-order valence-corrected chi connectivity index (χ3v) is 3.42. The molecule has 0 spiro atoms. The summed E-state index contributed by atoms with van der Waals surface area (Å²) in [5.74, 6) is -0.189. The molecule has 88 valence electrons. The molecule has 2 nitrogen and oxygen atoms in total. The standard InChI is InChI=1S/C13H18FNO/c1-10-2-3-12(14)6-11(10)7-15-8-13(9-16)4-5-13/h2-3,6,15-16H,4-5,7-9H2,1H3. The van der Waals surface area contributed by atoms with Gasteiger partial charge in [0.15, 0.2) is 0 Å². The average molecular weight is 223 g/mol. The molecule has 0 amide bonds. The van der Waals surface area contributed by atoms with Crippen molar-refractivity contribution in [2.45, 2.75) is 26.3 Å². The van der Waals surface area contributed by atoms with Crippen molar-refractivity contribution in [2.75, 3.05) is 13.2 Å². The van der Waals surface area contributed by atoms with Crippen LogP contribution in [0.15, 0.2) is 18.2 Å². The zero-order chi connectivity index (χ0) is 11.6. The van der Waals surface area contributed by atoms with E-state index in [1.807, 2.05) is 6.92 Å². The van der Waals surface area contributed by atoms with Crippen LogP contribution >= 0.6 is 0 Å². The molecule has 1 aliphatic carbocycles. The summed E-state index contributed by atoms with van der Waals surface area (Å²) in [6.45, 7) is 3.72. The molecule has 0 radical (unpaired) electrons. The minimum absolute atomic E-state index is 0.112. The maximum absolute atomic E-state index is 13.0. The molecule has 1 aromatic carbocycles. The van der Waals surface area contributed by atoms with Crippen LogP contribution in [-0.2, 0) is 6.54 Å². The molecule has 1 aromatic rings. The molecule has 0 atom stereocenters. The van der Waals surface area contributed by atoms with Gasteiger partial charge in [0.2, 0.25) is 0 Å². The van der Waals surface area contributed by atoms with E-state index in [4.69, 9.17) is 5.11 Å². The highest BCUT2D eigenvalue weighted by molar-refractivity contribution is 5.26. The number of rotatable bonds is 5. The molecule has 16 heavy (non-hydrogen) atoms. The summed E-state index contributed by atoms with van der Waals surface area (Å²) in [7, 11) is 0. The van der Waals surface area contributed by atoms with E-state index >= 15 is 0 Å². The maximum Gasteiger partial charge on any atom is 0.123 e. The number of hydrogen-bond donors (Lipinski definition) is 2. The zero-order valence-corrected chi connectivity index (χ0v) is 9.59. The molecule has 0 bridgehead atoms. The number of nitrogens with one attached hydrogen (secondary N) is 1. The number of aryl methyl sites for hydroxylation is 1. The first kappa shape index (κ1) is 11.6. The summed E-state index contributed by atoms with van der Waals surface area (Å²) in [5.41, 5.74) is 2.21. The lowest BCUT2D eigenvalue weighted by Crippen LogP contribution is -2.26. The molecule has 2 N–H and O–H groups in total. The third kappa shape index (κ3) is 2.60. The van der Waals surface area contributed by atoms with Crippen LogP contribution in [-0.4, -0.2) is 18.3 Å². The number of halogens is 1. The Morgan fingerprint density at radius 1 is 1.44 bits per heavy atom. The summed E-state index contributed by atoms with van der Waals surface area (Å²) < 4.78 is 13.0. The second-order valence-corrected chi connectivity index (χ2v) is 4.83. The Kier molecular flexibility index (Phi) is 3.26. The second-order valence-electron chi connectivity index (χ2n) is 4.83. The van der Waals surface area contributed by atoms with Gasteiger partial charge in [-0.2, -0.15) is 0 Å². The number of aliphatic hydroxyl groups is 1. The molecule has 1 fully saturated rings. The van der Waals surface area contributed by atoms with E-state index in [1.54, 1.807) is 12.1 Å². The van der Waals surface area contributed by atoms with Gasteiger partial charge in [0, 0.05) is 25.1 Å². The summed E-state index contributed by atoms with van der Waals surface area (Å²) in [4.78, 5) is 0. The van der Waals surface area contributed by atoms with Gasteiger partial charge >= 0.3 is 0 Å². The molecule has 1 aliphatic rings. The second kappa shape index (κ2) is 4.52. The van der Waals surface area contributed by atoms with Crippen molar-refractivity contribution in [1.29, 1.82) is 0 Å². The molecule has 0 heterocycles. The predicted octanol–water partition coefficient (Wildman–Crippen LogP) is 2.00. The van der Waals surface area contributed by atoms with Gasteiger partial charge < -0.3 is 10.4 Å². The summed E-state index contributed by atoms with van der Waals surface area (Å²) in [5, 5.41) is 12.4. The highest BCUT2D eigenvalue weighted by Gasteiger charge is 2.41. The van der Waals surface area contributed by atoms with Crippen LogP contribution in [0.25, 0.3) is 0 Å². The van der Waals surface area contributed by atoms with Gasteiger partial charge in [0.25, 0.3) is 0 Å². The Hall–Kier alpha value is -0.930. The quantitative estimate of drug-likeness (QED) is 0.800. The molecular formula is C13H18FNO. The molecule has 0 aromatic heterocycles. The van der Waals surface area contributed by atoms with Crippen molar-refractivity contribution >= 4 is 0 Å². The lowest BCUT2D eigenvalue weighted by molar-refractivity contribution is 0.207. The van der Waals surface area contributed by atoms with Crippen molar-refractivity contribution in [3.63, 3.8) is 0 Å². The van der Waals surface area contributed by atoms with E-state index in [9.17, 15) is 4.39 Å².